The van der Waals surface area contributed by atoms with E-state index in [9.17, 15) is 13.2 Å². The van der Waals surface area contributed by atoms with Gasteiger partial charge in [0.05, 0.1) is 10.4 Å². The minimum Gasteiger partial charge on any atom is -0.408 e. The molecule has 3 rings (SSSR count). The minimum atomic E-state index is -3.66. The first-order chi connectivity index (χ1) is 11.3. The lowest BCUT2D eigenvalue weighted by Gasteiger charge is -2.09. The van der Waals surface area contributed by atoms with Gasteiger partial charge in [0.15, 0.2) is 5.58 Å². The van der Waals surface area contributed by atoms with Crippen LogP contribution in [0.2, 0.25) is 0 Å². The van der Waals surface area contributed by atoms with E-state index in [2.05, 4.69) is 15.8 Å². The SMILES string of the molecule is Cc1ccc(C)c(CCNS(=O)(=O)c2ccc3[nH]c(=O)oc3c2)c1. The molecule has 1 heterocycles. The molecule has 2 N–H and O–H groups in total. The summed E-state index contributed by atoms with van der Waals surface area (Å²) >= 11 is 0. The Morgan fingerprint density at radius 2 is 1.92 bits per heavy atom. The average molecular weight is 346 g/mol. The number of hydrogen-bond donors (Lipinski definition) is 2. The van der Waals surface area contributed by atoms with Gasteiger partial charge in [-0.2, -0.15) is 0 Å². The van der Waals surface area contributed by atoms with Gasteiger partial charge in [0.2, 0.25) is 10.0 Å². The van der Waals surface area contributed by atoms with Crippen molar-refractivity contribution in [2.75, 3.05) is 6.54 Å². The van der Waals surface area contributed by atoms with Gasteiger partial charge in [-0.3, -0.25) is 4.98 Å². The molecule has 0 saturated carbocycles. The highest BCUT2D eigenvalue weighted by Crippen LogP contribution is 2.17. The predicted octanol–water partition coefficient (Wildman–Crippen LogP) is 2.26. The number of benzene rings is 2. The zero-order valence-corrected chi connectivity index (χ0v) is 14.2. The first kappa shape index (κ1) is 16.5. The zero-order chi connectivity index (χ0) is 17.3. The summed E-state index contributed by atoms with van der Waals surface area (Å²) in [6.45, 7) is 4.31. The maximum absolute atomic E-state index is 12.4. The Morgan fingerprint density at radius 3 is 2.71 bits per heavy atom. The second kappa shape index (κ2) is 6.26. The van der Waals surface area contributed by atoms with Gasteiger partial charge >= 0.3 is 5.76 Å². The van der Waals surface area contributed by atoms with Gasteiger partial charge in [0.25, 0.3) is 0 Å². The number of oxazole rings is 1. The van der Waals surface area contributed by atoms with Crippen LogP contribution in [0.3, 0.4) is 0 Å². The number of aromatic amines is 1. The second-order valence-corrected chi connectivity index (χ2v) is 7.52. The van der Waals surface area contributed by atoms with Gasteiger partial charge in [0.1, 0.15) is 0 Å². The Morgan fingerprint density at radius 1 is 1.12 bits per heavy atom. The van der Waals surface area contributed by atoms with E-state index in [0.717, 1.165) is 16.7 Å². The molecular weight excluding hydrogens is 328 g/mol. The molecule has 0 amide bonds. The highest BCUT2D eigenvalue weighted by atomic mass is 32.2. The molecular formula is C17H18N2O4S. The number of fused-ring (bicyclic) bond motifs is 1. The number of sulfonamides is 1. The molecule has 0 saturated heterocycles. The number of rotatable bonds is 5. The third kappa shape index (κ3) is 3.42. The molecule has 0 atom stereocenters. The van der Waals surface area contributed by atoms with E-state index in [-0.39, 0.29) is 10.5 Å². The van der Waals surface area contributed by atoms with Crippen LogP contribution >= 0.6 is 0 Å². The van der Waals surface area contributed by atoms with Gasteiger partial charge < -0.3 is 4.42 Å². The molecule has 0 bridgehead atoms. The Kier molecular flexibility index (Phi) is 4.29. The van der Waals surface area contributed by atoms with Crippen molar-refractivity contribution in [3.63, 3.8) is 0 Å². The highest BCUT2D eigenvalue weighted by molar-refractivity contribution is 7.89. The highest BCUT2D eigenvalue weighted by Gasteiger charge is 2.15. The maximum atomic E-state index is 12.4. The van der Waals surface area contributed by atoms with Crippen LogP contribution in [0.4, 0.5) is 0 Å². The van der Waals surface area contributed by atoms with Crippen molar-refractivity contribution in [3.05, 3.63) is 63.6 Å². The molecule has 0 aliphatic rings. The average Bonchev–Trinajstić information content (AvgIpc) is 2.89. The van der Waals surface area contributed by atoms with Crippen LogP contribution in [0, 0.1) is 13.8 Å². The topological polar surface area (TPSA) is 92.2 Å². The number of H-pyrrole nitrogens is 1. The normalized spacial score (nSPS) is 11.9. The molecule has 0 aliphatic heterocycles. The number of hydrogen-bond acceptors (Lipinski definition) is 4. The number of nitrogens with one attached hydrogen (secondary N) is 2. The predicted molar refractivity (Wildman–Crippen MR) is 91.6 cm³/mol. The molecule has 7 heteroatoms. The summed E-state index contributed by atoms with van der Waals surface area (Å²) < 4.78 is 32.3. The standard InChI is InChI=1S/C17H18N2O4S/c1-11-3-4-12(2)13(9-11)7-8-18-24(21,22)14-5-6-15-16(10-14)23-17(20)19-15/h3-6,9-10,18H,7-8H2,1-2H3,(H,19,20). The molecule has 2 aromatic carbocycles. The third-order valence-electron chi connectivity index (χ3n) is 3.89. The number of aromatic nitrogens is 1. The summed E-state index contributed by atoms with van der Waals surface area (Å²) in [5.74, 6) is -0.609. The Bertz CT molecular complexity index is 1050. The lowest BCUT2D eigenvalue weighted by atomic mass is 10.0. The molecule has 126 valence electrons. The maximum Gasteiger partial charge on any atom is 0.417 e. The molecule has 1 aromatic heterocycles. The number of aryl methyl sites for hydroxylation is 2. The van der Waals surface area contributed by atoms with Gasteiger partial charge in [-0.1, -0.05) is 23.8 Å². The van der Waals surface area contributed by atoms with Gasteiger partial charge in [-0.15, -0.1) is 0 Å². The van der Waals surface area contributed by atoms with Crippen molar-refractivity contribution < 1.29 is 12.8 Å². The first-order valence-corrected chi connectivity index (χ1v) is 9.02. The lowest BCUT2D eigenvalue weighted by Crippen LogP contribution is -2.26. The smallest absolute Gasteiger partial charge is 0.408 e. The van der Waals surface area contributed by atoms with Crippen molar-refractivity contribution in [1.82, 2.24) is 9.71 Å². The minimum absolute atomic E-state index is 0.0683. The van der Waals surface area contributed by atoms with Gasteiger partial charge in [0, 0.05) is 12.6 Å². The third-order valence-corrected chi connectivity index (χ3v) is 5.35. The summed E-state index contributed by atoms with van der Waals surface area (Å²) in [4.78, 5) is 13.7. The van der Waals surface area contributed by atoms with E-state index < -0.39 is 15.8 Å². The molecule has 0 spiro atoms. The monoisotopic (exact) mass is 346 g/mol. The van der Waals surface area contributed by atoms with E-state index in [0.29, 0.717) is 18.5 Å². The van der Waals surface area contributed by atoms with Crippen LogP contribution in [0.5, 0.6) is 0 Å². The van der Waals surface area contributed by atoms with E-state index in [4.69, 9.17) is 4.42 Å². The van der Waals surface area contributed by atoms with Gasteiger partial charge in [-0.05, 0) is 43.5 Å². The molecule has 3 aromatic rings. The van der Waals surface area contributed by atoms with E-state index in [1.807, 2.05) is 26.0 Å². The molecule has 0 fully saturated rings. The van der Waals surface area contributed by atoms with Gasteiger partial charge in [-0.25, -0.2) is 17.9 Å². The molecule has 6 nitrogen and oxygen atoms in total. The van der Waals surface area contributed by atoms with Crippen LogP contribution in [0.15, 0.2) is 50.5 Å². The van der Waals surface area contributed by atoms with Crippen molar-refractivity contribution in [2.45, 2.75) is 25.2 Å². The Balaban J connectivity index is 1.75. The first-order valence-electron chi connectivity index (χ1n) is 7.54. The fourth-order valence-electron chi connectivity index (χ4n) is 2.57. The zero-order valence-electron chi connectivity index (χ0n) is 13.4. The van der Waals surface area contributed by atoms with E-state index >= 15 is 0 Å². The van der Waals surface area contributed by atoms with E-state index in [1.54, 1.807) is 0 Å². The fraction of sp³-hybridized carbons (Fsp3) is 0.235. The molecule has 0 unspecified atom stereocenters. The fourth-order valence-corrected chi connectivity index (χ4v) is 3.61. The lowest BCUT2D eigenvalue weighted by molar-refractivity contribution is 0.553. The Hall–Kier alpha value is -2.38. The van der Waals surface area contributed by atoms with Crippen molar-refractivity contribution in [1.29, 1.82) is 0 Å². The summed E-state index contributed by atoms with van der Waals surface area (Å²) in [7, 11) is -3.66. The summed E-state index contributed by atoms with van der Waals surface area (Å²) in [6.07, 6.45) is 0.605. The summed E-state index contributed by atoms with van der Waals surface area (Å²) in [6, 6.07) is 10.4. The summed E-state index contributed by atoms with van der Waals surface area (Å²) in [5, 5.41) is 0. The van der Waals surface area contributed by atoms with E-state index in [1.165, 1.54) is 18.2 Å². The van der Waals surface area contributed by atoms with Crippen molar-refractivity contribution in [3.8, 4) is 0 Å². The molecule has 24 heavy (non-hydrogen) atoms. The van der Waals surface area contributed by atoms with Crippen LogP contribution in [0.1, 0.15) is 16.7 Å². The van der Waals surface area contributed by atoms with Crippen LogP contribution < -0.4 is 10.5 Å². The Labute approximate surface area is 139 Å². The van der Waals surface area contributed by atoms with Crippen LogP contribution in [-0.4, -0.2) is 19.9 Å². The van der Waals surface area contributed by atoms with Crippen molar-refractivity contribution in [2.24, 2.45) is 0 Å². The summed E-state index contributed by atoms with van der Waals surface area (Å²) in [5.41, 5.74) is 4.08. The van der Waals surface area contributed by atoms with Crippen LogP contribution in [-0.2, 0) is 16.4 Å². The second-order valence-electron chi connectivity index (χ2n) is 5.75. The van der Waals surface area contributed by atoms with Crippen molar-refractivity contribution >= 4 is 21.1 Å². The quantitative estimate of drug-likeness (QED) is 0.741. The molecule has 0 aliphatic carbocycles. The molecule has 0 radical (unpaired) electrons. The largest absolute Gasteiger partial charge is 0.417 e. The van der Waals surface area contributed by atoms with Crippen LogP contribution in [0.25, 0.3) is 11.1 Å².